The normalized spacial score (nSPS) is 7.67. The molecule has 0 atom stereocenters. The van der Waals surface area contributed by atoms with E-state index in [9.17, 15) is 4.79 Å². The molecule has 0 aromatic rings. The molecule has 0 aromatic heterocycles. The number of ketones is 1. The van der Waals surface area contributed by atoms with Crippen molar-refractivity contribution < 1.29 is 4.79 Å². The van der Waals surface area contributed by atoms with Crippen LogP contribution >= 0.6 is 0 Å². The van der Waals surface area contributed by atoms with E-state index in [-0.39, 0.29) is 57.2 Å². The van der Waals surface area contributed by atoms with Crippen molar-refractivity contribution in [2.45, 2.75) is 26.2 Å². The topological polar surface area (TPSA) is 17.1 Å². The standard InChI is InChI=1S/C7H12O.K/c1-3-5-6-7(8)4-2;/h4H,2-3,5-6H2,1H3;. The Labute approximate surface area is 99.3 Å². The van der Waals surface area contributed by atoms with Gasteiger partial charge in [0.05, 0.1) is 0 Å². The summed E-state index contributed by atoms with van der Waals surface area (Å²) in [6, 6.07) is 0. The zero-order chi connectivity index (χ0) is 6.41. The van der Waals surface area contributed by atoms with Gasteiger partial charge in [-0.3, -0.25) is 4.79 Å². The summed E-state index contributed by atoms with van der Waals surface area (Å²) in [5.74, 6) is 0.159. The Balaban J connectivity index is 0. The van der Waals surface area contributed by atoms with Crippen LogP contribution in [0.4, 0.5) is 0 Å². The molecule has 1 nitrogen and oxygen atoms in total. The molecule has 0 unspecified atom stereocenters. The van der Waals surface area contributed by atoms with Gasteiger partial charge in [0.25, 0.3) is 0 Å². The summed E-state index contributed by atoms with van der Waals surface area (Å²) in [7, 11) is 0. The van der Waals surface area contributed by atoms with E-state index in [1.165, 1.54) is 6.08 Å². The van der Waals surface area contributed by atoms with Crippen molar-refractivity contribution in [2.75, 3.05) is 0 Å². The van der Waals surface area contributed by atoms with Crippen molar-refractivity contribution in [3.8, 4) is 0 Å². The Morgan fingerprint density at radius 2 is 2.22 bits per heavy atom. The zero-order valence-electron chi connectivity index (χ0n) is 6.31. The fraction of sp³-hybridized carbons (Fsp3) is 0.571. The van der Waals surface area contributed by atoms with E-state index >= 15 is 0 Å². The fourth-order valence-corrected chi connectivity index (χ4v) is 0.453. The minimum Gasteiger partial charge on any atom is -0.295 e. The Hall–Kier alpha value is 1.05. The van der Waals surface area contributed by atoms with Crippen LogP contribution in [0.2, 0.25) is 0 Å². The molecule has 0 aromatic carbocycles. The molecular formula is C7H12KO. The van der Waals surface area contributed by atoms with Gasteiger partial charge in [-0.25, -0.2) is 0 Å². The van der Waals surface area contributed by atoms with E-state index in [1.807, 2.05) is 0 Å². The Kier molecular flexibility index (Phi) is 12.8. The van der Waals surface area contributed by atoms with Gasteiger partial charge in [0.15, 0.2) is 5.78 Å². The Morgan fingerprint density at radius 3 is 2.56 bits per heavy atom. The monoisotopic (exact) mass is 151 g/mol. The van der Waals surface area contributed by atoms with Gasteiger partial charge in [0.2, 0.25) is 0 Å². The molecule has 0 heterocycles. The Morgan fingerprint density at radius 1 is 1.67 bits per heavy atom. The molecule has 0 saturated heterocycles. The summed E-state index contributed by atoms with van der Waals surface area (Å²) in [5.41, 5.74) is 0. The van der Waals surface area contributed by atoms with E-state index in [2.05, 4.69) is 13.5 Å². The molecule has 1 radical (unpaired) electrons. The fourth-order valence-electron chi connectivity index (χ4n) is 0.453. The van der Waals surface area contributed by atoms with E-state index in [4.69, 9.17) is 0 Å². The van der Waals surface area contributed by atoms with Crippen molar-refractivity contribution in [3.63, 3.8) is 0 Å². The maximum atomic E-state index is 10.5. The van der Waals surface area contributed by atoms with Crippen LogP contribution in [-0.2, 0) is 4.79 Å². The van der Waals surface area contributed by atoms with Gasteiger partial charge < -0.3 is 0 Å². The number of unbranched alkanes of at least 4 members (excludes halogenated alkanes) is 1. The van der Waals surface area contributed by atoms with Gasteiger partial charge in [-0.1, -0.05) is 19.9 Å². The maximum absolute atomic E-state index is 10.5. The van der Waals surface area contributed by atoms with Crippen molar-refractivity contribution in [1.82, 2.24) is 0 Å². The summed E-state index contributed by atoms with van der Waals surface area (Å²) in [4.78, 5) is 10.5. The molecule has 0 spiro atoms. The van der Waals surface area contributed by atoms with E-state index in [0.29, 0.717) is 6.42 Å². The predicted molar refractivity (Wildman–Crippen MR) is 40.5 cm³/mol. The number of carbonyl (C=O) groups excluding carboxylic acids is 1. The van der Waals surface area contributed by atoms with Crippen LogP contribution in [-0.4, -0.2) is 57.2 Å². The van der Waals surface area contributed by atoms with E-state index < -0.39 is 0 Å². The summed E-state index contributed by atoms with van der Waals surface area (Å²) < 4.78 is 0. The number of hydrogen-bond donors (Lipinski definition) is 0. The van der Waals surface area contributed by atoms with Crippen molar-refractivity contribution in [1.29, 1.82) is 0 Å². The number of carbonyl (C=O) groups is 1. The van der Waals surface area contributed by atoms with Gasteiger partial charge >= 0.3 is 0 Å². The first-order valence-corrected chi connectivity index (χ1v) is 2.96. The molecule has 0 N–H and O–H groups in total. The molecular weight excluding hydrogens is 139 g/mol. The minimum absolute atomic E-state index is 0. The van der Waals surface area contributed by atoms with Crippen LogP contribution in [0.3, 0.4) is 0 Å². The van der Waals surface area contributed by atoms with Gasteiger partial charge in [-0.05, 0) is 12.5 Å². The maximum Gasteiger partial charge on any atom is 0.155 e. The first-order valence-electron chi connectivity index (χ1n) is 2.96. The molecule has 0 aliphatic rings. The third-order valence-corrected chi connectivity index (χ3v) is 1.00. The predicted octanol–water partition coefficient (Wildman–Crippen LogP) is 1.55. The first-order chi connectivity index (χ1) is 3.81. The van der Waals surface area contributed by atoms with Crippen LogP contribution < -0.4 is 0 Å². The smallest absolute Gasteiger partial charge is 0.155 e. The molecule has 0 aliphatic heterocycles. The summed E-state index contributed by atoms with van der Waals surface area (Å²) in [5, 5.41) is 0. The number of hydrogen-bond acceptors (Lipinski definition) is 1. The van der Waals surface area contributed by atoms with Gasteiger partial charge in [-0.15, -0.1) is 0 Å². The second kappa shape index (κ2) is 9.05. The van der Waals surface area contributed by atoms with E-state index in [0.717, 1.165) is 12.8 Å². The third kappa shape index (κ3) is 9.05. The van der Waals surface area contributed by atoms with Crippen LogP contribution in [0.5, 0.6) is 0 Å². The quantitative estimate of drug-likeness (QED) is 0.440. The summed E-state index contributed by atoms with van der Waals surface area (Å²) in [6.45, 7) is 5.43. The molecule has 0 rings (SSSR count). The molecule has 0 fully saturated rings. The SMILES string of the molecule is C=CC(=O)CCCC.[K]. The largest absolute Gasteiger partial charge is 0.295 e. The van der Waals surface area contributed by atoms with Crippen LogP contribution in [0, 0.1) is 0 Å². The second-order valence-corrected chi connectivity index (χ2v) is 1.77. The molecule has 0 amide bonds. The Bertz CT molecular complexity index is 88.9. The average Bonchev–Trinajstić information content (AvgIpc) is 1.83. The summed E-state index contributed by atoms with van der Waals surface area (Å²) >= 11 is 0. The number of rotatable bonds is 4. The van der Waals surface area contributed by atoms with Gasteiger partial charge in [-0.2, -0.15) is 0 Å². The zero-order valence-corrected chi connectivity index (χ0v) is 9.44. The second-order valence-electron chi connectivity index (χ2n) is 1.77. The summed E-state index contributed by atoms with van der Waals surface area (Å²) in [6.07, 6.45) is 4.13. The van der Waals surface area contributed by atoms with Crippen LogP contribution in [0.25, 0.3) is 0 Å². The van der Waals surface area contributed by atoms with Crippen LogP contribution in [0.15, 0.2) is 12.7 Å². The molecule has 2 heteroatoms. The molecule has 9 heavy (non-hydrogen) atoms. The molecule has 0 aliphatic carbocycles. The number of allylic oxidation sites excluding steroid dienone is 1. The van der Waals surface area contributed by atoms with Crippen LogP contribution in [0.1, 0.15) is 26.2 Å². The molecule has 0 bridgehead atoms. The minimum atomic E-state index is 0. The van der Waals surface area contributed by atoms with Gasteiger partial charge in [0.1, 0.15) is 0 Å². The van der Waals surface area contributed by atoms with E-state index in [1.54, 1.807) is 0 Å². The first kappa shape index (κ1) is 12.7. The van der Waals surface area contributed by atoms with Crippen molar-refractivity contribution in [2.24, 2.45) is 0 Å². The average molecular weight is 151 g/mol. The third-order valence-electron chi connectivity index (χ3n) is 1.00. The van der Waals surface area contributed by atoms with Gasteiger partial charge in [0, 0.05) is 57.8 Å². The van der Waals surface area contributed by atoms with Crippen molar-refractivity contribution >= 4 is 57.2 Å². The molecule has 47 valence electrons. The molecule has 0 saturated carbocycles. The van der Waals surface area contributed by atoms with Crippen molar-refractivity contribution in [3.05, 3.63) is 12.7 Å².